The van der Waals surface area contributed by atoms with Gasteiger partial charge in [0.15, 0.2) is 11.5 Å². The normalized spacial score (nSPS) is 12.1. The Labute approximate surface area is 120 Å². The van der Waals surface area contributed by atoms with Crippen LogP contribution in [0.5, 0.6) is 11.5 Å². The average molecular weight is 284 g/mol. The summed E-state index contributed by atoms with van der Waals surface area (Å²) in [5, 5.41) is 10.7. The van der Waals surface area contributed by atoms with Crippen molar-refractivity contribution in [3.63, 3.8) is 0 Å². The zero-order valence-corrected chi connectivity index (χ0v) is 11.1. The molecule has 0 saturated heterocycles. The van der Waals surface area contributed by atoms with Gasteiger partial charge in [-0.1, -0.05) is 5.92 Å². The van der Waals surface area contributed by atoms with E-state index in [1.807, 2.05) is 12.1 Å². The second-order valence-corrected chi connectivity index (χ2v) is 4.52. The van der Waals surface area contributed by atoms with Crippen molar-refractivity contribution in [2.75, 3.05) is 24.8 Å². The van der Waals surface area contributed by atoms with Gasteiger partial charge in [0.1, 0.15) is 12.4 Å². The van der Waals surface area contributed by atoms with Gasteiger partial charge in [0, 0.05) is 11.6 Å². The summed E-state index contributed by atoms with van der Waals surface area (Å²) in [6.45, 7) is 0.120. The first kappa shape index (κ1) is 13.1. The molecule has 0 atom stereocenters. The lowest BCUT2D eigenvalue weighted by Crippen LogP contribution is -2.30. The Kier molecular flexibility index (Phi) is 3.24. The fraction of sp³-hybridized carbons (Fsp3) is 0.200. The summed E-state index contributed by atoms with van der Waals surface area (Å²) >= 11 is 0. The number of benzene rings is 1. The predicted octanol–water partition coefficient (Wildman–Crippen LogP) is 1.49. The fourth-order valence-electron chi connectivity index (χ4n) is 2.28. The van der Waals surface area contributed by atoms with Gasteiger partial charge in [0.25, 0.3) is 0 Å². The lowest BCUT2D eigenvalue weighted by molar-refractivity contribution is -0.135. The number of ether oxygens (including phenoxy) is 2. The number of anilines is 1. The molecule has 1 aliphatic heterocycles. The van der Waals surface area contributed by atoms with E-state index in [-0.39, 0.29) is 19.9 Å². The molecule has 0 saturated carbocycles. The molecule has 6 heteroatoms. The molecule has 3 rings (SSSR count). The molecule has 1 N–H and O–H groups in total. The minimum absolute atomic E-state index is 0.160. The van der Waals surface area contributed by atoms with Crippen molar-refractivity contribution >= 4 is 22.6 Å². The molecule has 6 nitrogen and oxygen atoms in total. The molecule has 0 aliphatic carbocycles. The molecule has 0 spiro atoms. The highest BCUT2D eigenvalue weighted by Gasteiger charge is 2.19. The van der Waals surface area contributed by atoms with E-state index in [9.17, 15) is 4.79 Å². The van der Waals surface area contributed by atoms with Crippen LogP contribution in [0.1, 0.15) is 0 Å². The van der Waals surface area contributed by atoms with E-state index < -0.39 is 5.97 Å². The maximum absolute atomic E-state index is 11.0. The Morgan fingerprint density at radius 1 is 1.43 bits per heavy atom. The van der Waals surface area contributed by atoms with E-state index in [0.717, 1.165) is 10.8 Å². The maximum Gasteiger partial charge on any atom is 0.323 e. The lowest BCUT2D eigenvalue weighted by Gasteiger charge is -2.20. The molecule has 0 unspecified atom stereocenters. The summed E-state index contributed by atoms with van der Waals surface area (Å²) in [6.07, 6.45) is 6.94. The molecule has 0 radical (unpaired) electrons. The van der Waals surface area contributed by atoms with Crippen LogP contribution in [-0.4, -0.2) is 35.9 Å². The predicted molar refractivity (Wildman–Crippen MR) is 76.5 cm³/mol. The summed E-state index contributed by atoms with van der Waals surface area (Å²) in [6, 6.07) is 5.47. The fourth-order valence-corrected chi connectivity index (χ4v) is 2.28. The van der Waals surface area contributed by atoms with Gasteiger partial charge in [0.05, 0.1) is 6.54 Å². The van der Waals surface area contributed by atoms with Crippen molar-refractivity contribution in [2.24, 2.45) is 0 Å². The number of hydrogen-bond acceptors (Lipinski definition) is 5. The van der Waals surface area contributed by atoms with Gasteiger partial charge in [-0.2, -0.15) is 0 Å². The van der Waals surface area contributed by atoms with Gasteiger partial charge in [-0.15, -0.1) is 6.42 Å². The number of nitrogens with zero attached hydrogens (tertiary/aromatic N) is 2. The highest BCUT2D eigenvalue weighted by molar-refractivity contribution is 5.95. The molecule has 106 valence electrons. The van der Waals surface area contributed by atoms with E-state index in [2.05, 4.69) is 10.9 Å². The summed E-state index contributed by atoms with van der Waals surface area (Å²) in [5.41, 5.74) is 0. The van der Waals surface area contributed by atoms with Gasteiger partial charge in [-0.3, -0.25) is 4.79 Å². The molecule has 0 bridgehead atoms. The molecule has 1 aliphatic rings. The molecule has 1 aromatic carbocycles. The van der Waals surface area contributed by atoms with E-state index in [0.29, 0.717) is 17.3 Å². The molecule has 21 heavy (non-hydrogen) atoms. The molecule has 2 aromatic rings. The van der Waals surface area contributed by atoms with Crippen LogP contribution >= 0.6 is 0 Å². The zero-order valence-electron chi connectivity index (χ0n) is 11.1. The topological polar surface area (TPSA) is 71.9 Å². The Morgan fingerprint density at radius 3 is 2.90 bits per heavy atom. The molecule has 2 heterocycles. The number of terminal acetylenes is 1. The molecule has 1 aromatic heterocycles. The summed E-state index contributed by atoms with van der Waals surface area (Å²) in [4.78, 5) is 16.8. The van der Waals surface area contributed by atoms with Crippen LogP contribution < -0.4 is 14.4 Å². The summed E-state index contributed by atoms with van der Waals surface area (Å²) in [5.74, 6) is 3.29. The summed E-state index contributed by atoms with van der Waals surface area (Å²) < 4.78 is 10.7. The third-order valence-electron chi connectivity index (χ3n) is 3.14. The number of pyridine rings is 1. The van der Waals surface area contributed by atoms with E-state index in [1.54, 1.807) is 12.3 Å². The SMILES string of the molecule is C#CCN(CC(=O)O)c1nccc2cc3c(cc12)OCO3. The van der Waals surface area contributed by atoms with Crippen LogP contribution in [0.15, 0.2) is 24.4 Å². The minimum Gasteiger partial charge on any atom is -0.480 e. The van der Waals surface area contributed by atoms with Gasteiger partial charge in [0.2, 0.25) is 6.79 Å². The smallest absolute Gasteiger partial charge is 0.323 e. The van der Waals surface area contributed by atoms with Gasteiger partial charge < -0.3 is 19.5 Å². The first-order valence-corrected chi connectivity index (χ1v) is 6.27. The van der Waals surface area contributed by atoms with Crippen LogP contribution in [0, 0.1) is 12.3 Å². The Morgan fingerprint density at radius 2 is 2.19 bits per heavy atom. The number of aromatic nitrogens is 1. The van der Waals surface area contributed by atoms with Crippen LogP contribution in [0.2, 0.25) is 0 Å². The largest absolute Gasteiger partial charge is 0.480 e. The first-order chi connectivity index (χ1) is 10.2. The molecule has 0 amide bonds. The first-order valence-electron chi connectivity index (χ1n) is 6.27. The van der Waals surface area contributed by atoms with Crippen LogP contribution in [0.4, 0.5) is 5.82 Å². The summed E-state index contributed by atoms with van der Waals surface area (Å²) in [7, 11) is 0. The Balaban J connectivity index is 2.12. The van der Waals surface area contributed by atoms with Gasteiger partial charge in [-0.25, -0.2) is 4.98 Å². The third kappa shape index (κ3) is 2.41. The molecular formula is C15H12N2O4. The van der Waals surface area contributed by atoms with Crippen LogP contribution in [-0.2, 0) is 4.79 Å². The third-order valence-corrected chi connectivity index (χ3v) is 3.14. The standard InChI is InChI=1S/C15H12N2O4/c1-2-5-17(8-14(18)19)15-11-7-13-12(20-9-21-13)6-10(11)3-4-16-15/h1,3-4,6-7H,5,8-9H2,(H,18,19). The second-order valence-electron chi connectivity index (χ2n) is 4.52. The van der Waals surface area contributed by atoms with Crippen molar-refractivity contribution in [2.45, 2.75) is 0 Å². The minimum atomic E-state index is -0.968. The second kappa shape index (κ2) is 5.21. The van der Waals surface area contributed by atoms with Crippen LogP contribution in [0.3, 0.4) is 0 Å². The Hall–Kier alpha value is -2.94. The molecular weight excluding hydrogens is 272 g/mol. The van der Waals surface area contributed by atoms with Crippen LogP contribution in [0.25, 0.3) is 10.8 Å². The number of carboxylic acid groups (broad SMARTS) is 1. The lowest BCUT2D eigenvalue weighted by atomic mass is 10.1. The number of fused-ring (bicyclic) bond motifs is 2. The number of rotatable bonds is 4. The van der Waals surface area contributed by atoms with E-state index in [1.165, 1.54) is 4.90 Å². The molecule has 0 fully saturated rings. The van der Waals surface area contributed by atoms with E-state index in [4.69, 9.17) is 21.0 Å². The van der Waals surface area contributed by atoms with Gasteiger partial charge in [-0.05, 0) is 23.6 Å². The zero-order chi connectivity index (χ0) is 14.8. The maximum atomic E-state index is 11.0. The number of carbonyl (C=O) groups is 1. The van der Waals surface area contributed by atoms with E-state index >= 15 is 0 Å². The van der Waals surface area contributed by atoms with Crippen molar-refractivity contribution in [1.29, 1.82) is 0 Å². The monoisotopic (exact) mass is 284 g/mol. The van der Waals surface area contributed by atoms with Crippen molar-refractivity contribution in [3.8, 4) is 23.8 Å². The van der Waals surface area contributed by atoms with Gasteiger partial charge >= 0.3 is 5.97 Å². The average Bonchev–Trinajstić information content (AvgIpc) is 2.90. The number of hydrogen-bond donors (Lipinski definition) is 1. The quantitative estimate of drug-likeness (QED) is 0.858. The van der Waals surface area contributed by atoms with Crippen molar-refractivity contribution in [3.05, 3.63) is 24.4 Å². The number of carboxylic acids is 1. The van der Waals surface area contributed by atoms with Crippen molar-refractivity contribution in [1.82, 2.24) is 4.98 Å². The highest BCUT2D eigenvalue weighted by atomic mass is 16.7. The Bertz CT molecular complexity index is 751. The highest BCUT2D eigenvalue weighted by Crippen LogP contribution is 2.38. The number of aliphatic carboxylic acids is 1. The van der Waals surface area contributed by atoms with Crippen molar-refractivity contribution < 1.29 is 19.4 Å².